The maximum Gasteiger partial charge on any atom is 0.315 e. The monoisotopic (exact) mass is 167 g/mol. The zero-order valence-corrected chi connectivity index (χ0v) is 6.43. The van der Waals surface area contributed by atoms with Gasteiger partial charge in [0.05, 0.1) is 6.61 Å². The van der Waals surface area contributed by atoms with E-state index in [1.807, 2.05) is 0 Å². The summed E-state index contributed by atoms with van der Waals surface area (Å²) in [4.78, 5) is 10.3. The maximum absolute atomic E-state index is 11.6. The highest BCUT2D eigenvalue weighted by molar-refractivity contribution is 5.79. The molecule has 0 aromatic carbocycles. The van der Waals surface area contributed by atoms with Crippen LogP contribution in [0.3, 0.4) is 0 Å². The molecule has 1 atom stereocenters. The third-order valence-corrected chi connectivity index (χ3v) is 1.00. The van der Waals surface area contributed by atoms with Crippen molar-refractivity contribution in [3.05, 3.63) is 0 Å². The van der Waals surface area contributed by atoms with Crippen LogP contribution < -0.4 is 5.32 Å². The lowest BCUT2D eigenvalue weighted by molar-refractivity contribution is -0.132. The fourth-order valence-corrected chi connectivity index (χ4v) is 0.598. The summed E-state index contributed by atoms with van der Waals surface area (Å²) in [6.45, 7) is 1.82. The van der Waals surface area contributed by atoms with E-state index in [4.69, 9.17) is 0 Å². The third kappa shape index (κ3) is 4.66. The highest BCUT2D eigenvalue weighted by Gasteiger charge is 2.16. The molecule has 0 aromatic rings. The summed E-state index contributed by atoms with van der Waals surface area (Å²) < 4.78 is 27.8. The minimum absolute atomic E-state index is 0.235. The summed E-state index contributed by atoms with van der Waals surface area (Å²) in [6, 6.07) is -0.374. The largest absolute Gasteiger partial charge is 0.383 e. The first-order valence-electron chi connectivity index (χ1n) is 3.15. The lowest BCUT2D eigenvalue weighted by atomic mass is 10.3. The Hall–Kier alpha value is -0.710. The van der Waals surface area contributed by atoms with E-state index in [9.17, 15) is 13.6 Å². The van der Waals surface area contributed by atoms with Crippen LogP contribution in [0.2, 0.25) is 0 Å². The van der Waals surface area contributed by atoms with Crippen LogP contribution in [0.15, 0.2) is 0 Å². The summed E-state index contributed by atoms with van der Waals surface area (Å²) in [6.07, 6.45) is -2.95. The molecule has 0 rings (SSSR count). The van der Waals surface area contributed by atoms with Crippen molar-refractivity contribution in [3.8, 4) is 0 Å². The number of halogens is 2. The molecule has 3 nitrogen and oxygen atoms in total. The lowest BCUT2D eigenvalue weighted by Gasteiger charge is -2.11. The zero-order valence-electron chi connectivity index (χ0n) is 6.43. The van der Waals surface area contributed by atoms with Crippen LogP contribution in [-0.2, 0) is 9.53 Å². The zero-order chi connectivity index (χ0) is 8.85. The highest BCUT2D eigenvalue weighted by atomic mass is 19.3. The Bertz CT molecular complexity index is 130. The van der Waals surface area contributed by atoms with Gasteiger partial charge in [0.1, 0.15) is 0 Å². The molecule has 0 spiro atoms. The molecule has 0 radical (unpaired) electrons. The molecule has 1 amide bonds. The van der Waals surface area contributed by atoms with Gasteiger partial charge in [0.15, 0.2) is 0 Å². The van der Waals surface area contributed by atoms with Gasteiger partial charge in [-0.05, 0) is 6.92 Å². The molecule has 0 heterocycles. The first-order valence-corrected chi connectivity index (χ1v) is 3.15. The number of carbonyl (C=O) groups excluding carboxylic acids is 1. The van der Waals surface area contributed by atoms with E-state index in [0.717, 1.165) is 0 Å². The molecule has 0 aliphatic carbocycles. The second-order valence-corrected chi connectivity index (χ2v) is 2.17. The minimum atomic E-state index is -2.95. The summed E-state index contributed by atoms with van der Waals surface area (Å²) in [5.74, 6) is -1.26. The summed E-state index contributed by atoms with van der Waals surface area (Å²) in [7, 11) is 1.44. The molecule has 0 fully saturated rings. The van der Waals surface area contributed by atoms with Crippen LogP contribution in [0.5, 0.6) is 0 Å². The number of alkyl halides is 2. The molecule has 0 aromatic heterocycles. The lowest BCUT2D eigenvalue weighted by Crippen LogP contribution is -2.39. The molecule has 0 saturated heterocycles. The number of methoxy groups -OCH3 is 1. The van der Waals surface area contributed by atoms with E-state index in [-0.39, 0.29) is 12.6 Å². The second kappa shape index (κ2) is 5.01. The topological polar surface area (TPSA) is 38.3 Å². The molecule has 0 saturated carbocycles. The molecule has 0 aliphatic rings. The number of rotatable bonds is 4. The van der Waals surface area contributed by atoms with Gasteiger partial charge in [0, 0.05) is 13.2 Å². The summed E-state index contributed by atoms with van der Waals surface area (Å²) in [5, 5.41) is 2.07. The van der Waals surface area contributed by atoms with Crippen molar-refractivity contribution in [2.24, 2.45) is 0 Å². The number of ether oxygens (including phenoxy) is 1. The van der Waals surface area contributed by atoms with E-state index < -0.39 is 12.3 Å². The second-order valence-electron chi connectivity index (χ2n) is 2.17. The van der Waals surface area contributed by atoms with Crippen molar-refractivity contribution in [2.75, 3.05) is 13.7 Å². The number of amides is 1. The van der Waals surface area contributed by atoms with Gasteiger partial charge in [0.25, 0.3) is 5.91 Å². The number of nitrogens with one attached hydrogen (secondary N) is 1. The average molecular weight is 167 g/mol. The van der Waals surface area contributed by atoms with Crippen LogP contribution in [0.1, 0.15) is 6.92 Å². The van der Waals surface area contributed by atoms with Crippen molar-refractivity contribution in [3.63, 3.8) is 0 Å². The van der Waals surface area contributed by atoms with Crippen molar-refractivity contribution in [2.45, 2.75) is 19.4 Å². The minimum Gasteiger partial charge on any atom is -0.383 e. The molecule has 1 unspecified atom stereocenters. The van der Waals surface area contributed by atoms with Crippen molar-refractivity contribution >= 4 is 5.91 Å². The molecule has 0 bridgehead atoms. The quantitative estimate of drug-likeness (QED) is 0.658. The van der Waals surface area contributed by atoms with E-state index in [0.29, 0.717) is 0 Å². The Balaban J connectivity index is 3.57. The van der Waals surface area contributed by atoms with Gasteiger partial charge in [-0.2, -0.15) is 8.78 Å². The van der Waals surface area contributed by atoms with Crippen LogP contribution in [0.4, 0.5) is 8.78 Å². The SMILES string of the molecule is COCC(C)NC(=O)C(F)F. The Morgan fingerprint density at radius 1 is 1.64 bits per heavy atom. The Morgan fingerprint density at radius 3 is 2.55 bits per heavy atom. The normalized spacial score (nSPS) is 13.2. The summed E-state index contributed by atoms with van der Waals surface area (Å²) in [5.41, 5.74) is 0. The van der Waals surface area contributed by atoms with E-state index >= 15 is 0 Å². The number of hydrogen-bond donors (Lipinski definition) is 1. The van der Waals surface area contributed by atoms with Gasteiger partial charge in [0.2, 0.25) is 0 Å². The average Bonchev–Trinajstić information content (AvgIpc) is 1.87. The van der Waals surface area contributed by atoms with Gasteiger partial charge in [-0.3, -0.25) is 4.79 Å². The van der Waals surface area contributed by atoms with Crippen LogP contribution >= 0.6 is 0 Å². The molecule has 0 aliphatic heterocycles. The van der Waals surface area contributed by atoms with Crippen molar-refractivity contribution in [1.82, 2.24) is 5.32 Å². The van der Waals surface area contributed by atoms with E-state index in [2.05, 4.69) is 10.1 Å². The molecular weight excluding hydrogens is 156 g/mol. The van der Waals surface area contributed by atoms with Crippen molar-refractivity contribution < 1.29 is 18.3 Å². The van der Waals surface area contributed by atoms with Gasteiger partial charge in [-0.15, -0.1) is 0 Å². The van der Waals surface area contributed by atoms with Crippen molar-refractivity contribution in [1.29, 1.82) is 0 Å². The highest BCUT2D eigenvalue weighted by Crippen LogP contribution is 1.92. The summed E-state index contributed by atoms with van der Waals surface area (Å²) >= 11 is 0. The van der Waals surface area contributed by atoms with Gasteiger partial charge in [-0.1, -0.05) is 0 Å². The third-order valence-electron chi connectivity index (χ3n) is 1.00. The van der Waals surface area contributed by atoms with E-state index in [1.54, 1.807) is 6.92 Å². The molecule has 66 valence electrons. The molecule has 1 N–H and O–H groups in total. The fourth-order valence-electron chi connectivity index (χ4n) is 0.598. The van der Waals surface area contributed by atoms with Gasteiger partial charge in [-0.25, -0.2) is 0 Å². The van der Waals surface area contributed by atoms with Gasteiger partial charge >= 0.3 is 6.43 Å². The smallest absolute Gasteiger partial charge is 0.315 e. The van der Waals surface area contributed by atoms with Crippen LogP contribution in [-0.4, -0.2) is 32.1 Å². The fraction of sp³-hybridized carbons (Fsp3) is 0.833. The predicted molar refractivity (Wildman–Crippen MR) is 35.5 cm³/mol. The van der Waals surface area contributed by atoms with Crippen LogP contribution in [0, 0.1) is 0 Å². The number of carbonyl (C=O) groups is 1. The number of hydrogen-bond acceptors (Lipinski definition) is 2. The molecule has 11 heavy (non-hydrogen) atoms. The molecule has 5 heteroatoms. The standard InChI is InChI=1S/C6H11F2NO2/c1-4(3-11-2)9-6(10)5(7)8/h4-5H,3H2,1-2H3,(H,9,10). The molecular formula is C6H11F2NO2. The first-order chi connectivity index (χ1) is 5.07. The maximum atomic E-state index is 11.6. The van der Waals surface area contributed by atoms with E-state index in [1.165, 1.54) is 7.11 Å². The predicted octanol–water partition coefficient (Wildman–Crippen LogP) is 0.403. The van der Waals surface area contributed by atoms with Gasteiger partial charge < -0.3 is 10.1 Å². The first kappa shape index (κ1) is 10.3. The van der Waals surface area contributed by atoms with Crippen LogP contribution in [0.25, 0.3) is 0 Å². The Morgan fingerprint density at radius 2 is 2.18 bits per heavy atom. The Labute approximate surface area is 63.7 Å². The Kier molecular flexibility index (Phi) is 4.69.